The van der Waals surface area contributed by atoms with Crippen LogP contribution < -0.4 is 0 Å². The molecule has 0 atom stereocenters. The molecular weight excluding hydrogens is 278 g/mol. The van der Waals surface area contributed by atoms with Crippen LogP contribution in [0, 0.1) is 0 Å². The molecule has 0 saturated heterocycles. The Morgan fingerprint density at radius 1 is 1.56 bits per heavy atom. The first kappa shape index (κ1) is 15.1. The molecule has 102 valence electrons. The van der Waals surface area contributed by atoms with E-state index in [1.807, 2.05) is 0 Å². The first-order valence-corrected chi connectivity index (χ1v) is 7.57. The number of ether oxygens (including phenoxy) is 1. The van der Waals surface area contributed by atoms with Crippen LogP contribution in [-0.4, -0.2) is 50.6 Å². The zero-order valence-electron chi connectivity index (χ0n) is 10.1. The number of hydrogen-bond donors (Lipinski definition) is 1. The van der Waals surface area contributed by atoms with Gasteiger partial charge >= 0.3 is 5.97 Å². The van der Waals surface area contributed by atoms with Crippen LogP contribution in [-0.2, 0) is 14.8 Å². The maximum Gasteiger partial charge on any atom is 0.347 e. The summed E-state index contributed by atoms with van der Waals surface area (Å²) in [5.41, 5.74) is 0. The van der Waals surface area contributed by atoms with Gasteiger partial charge in [0.05, 0.1) is 6.61 Å². The lowest BCUT2D eigenvalue weighted by molar-refractivity contribution is 0.0698. The van der Waals surface area contributed by atoms with Gasteiger partial charge in [0.1, 0.15) is 9.77 Å². The average Bonchev–Trinajstić information content (AvgIpc) is 2.79. The molecule has 0 unspecified atom stereocenters. The van der Waals surface area contributed by atoms with Crippen LogP contribution in [0.15, 0.2) is 16.3 Å². The van der Waals surface area contributed by atoms with Crippen molar-refractivity contribution in [3.63, 3.8) is 0 Å². The number of aromatic carboxylic acids is 1. The van der Waals surface area contributed by atoms with Crippen molar-refractivity contribution in [2.45, 2.75) is 11.8 Å². The molecule has 0 aliphatic rings. The summed E-state index contributed by atoms with van der Waals surface area (Å²) in [5, 5.41) is 10.4. The summed E-state index contributed by atoms with van der Waals surface area (Å²) < 4.78 is 30.6. The fourth-order valence-corrected chi connectivity index (χ4v) is 4.10. The maximum absolute atomic E-state index is 12.3. The summed E-state index contributed by atoms with van der Waals surface area (Å²) in [5.74, 6) is -1.23. The number of likely N-dealkylation sites (N-methyl/N-ethyl adjacent to an activating group) is 1. The highest BCUT2D eigenvalue weighted by atomic mass is 32.2. The predicted octanol–water partition coefficient (Wildman–Crippen LogP) is 1.10. The largest absolute Gasteiger partial charge is 0.477 e. The molecule has 1 N–H and O–H groups in total. The number of nitrogens with zero attached hydrogens (tertiary/aromatic N) is 1. The molecule has 0 aromatic carbocycles. The van der Waals surface area contributed by atoms with Crippen LogP contribution in [0.25, 0.3) is 0 Å². The van der Waals surface area contributed by atoms with Gasteiger partial charge in [0.15, 0.2) is 0 Å². The quantitative estimate of drug-likeness (QED) is 0.814. The number of carboxylic acids is 1. The van der Waals surface area contributed by atoms with Crippen molar-refractivity contribution < 1.29 is 23.1 Å². The van der Waals surface area contributed by atoms with Crippen LogP contribution in [0.1, 0.15) is 16.6 Å². The van der Waals surface area contributed by atoms with Crippen molar-refractivity contribution in [2.75, 3.05) is 26.8 Å². The van der Waals surface area contributed by atoms with E-state index in [1.54, 1.807) is 6.92 Å². The first-order valence-electron chi connectivity index (χ1n) is 5.25. The van der Waals surface area contributed by atoms with Gasteiger partial charge in [0.25, 0.3) is 0 Å². The molecule has 0 amide bonds. The lowest BCUT2D eigenvalue weighted by Crippen LogP contribution is -2.34. The standard InChI is InChI=1S/C10H15NO5S2/c1-3-11(5-6-16-2)18(14,15)8-4-7-17-9(8)10(12)13/h4,7H,3,5-6H2,1-2H3,(H,12,13). The van der Waals surface area contributed by atoms with E-state index in [0.29, 0.717) is 0 Å². The molecule has 1 rings (SSSR count). The summed E-state index contributed by atoms with van der Waals surface area (Å²) in [7, 11) is -2.29. The van der Waals surface area contributed by atoms with Crippen molar-refractivity contribution >= 4 is 27.3 Å². The molecule has 0 spiro atoms. The molecule has 0 radical (unpaired) electrons. The second-order valence-electron chi connectivity index (χ2n) is 3.41. The van der Waals surface area contributed by atoms with Crippen molar-refractivity contribution in [3.8, 4) is 0 Å². The number of rotatable bonds is 7. The van der Waals surface area contributed by atoms with E-state index in [4.69, 9.17) is 9.84 Å². The third kappa shape index (κ3) is 3.08. The molecule has 0 fully saturated rings. The summed E-state index contributed by atoms with van der Waals surface area (Å²) in [6.07, 6.45) is 0. The van der Waals surface area contributed by atoms with Crippen LogP contribution in [0.2, 0.25) is 0 Å². The third-order valence-corrected chi connectivity index (χ3v) is 5.39. The van der Waals surface area contributed by atoms with Crippen molar-refractivity contribution in [2.24, 2.45) is 0 Å². The van der Waals surface area contributed by atoms with Crippen LogP contribution in [0.5, 0.6) is 0 Å². The topological polar surface area (TPSA) is 83.9 Å². The van der Waals surface area contributed by atoms with E-state index in [0.717, 1.165) is 11.3 Å². The summed E-state index contributed by atoms with van der Waals surface area (Å²) in [4.78, 5) is 10.6. The molecule has 0 bridgehead atoms. The molecule has 0 aliphatic heterocycles. The van der Waals surface area contributed by atoms with Gasteiger partial charge < -0.3 is 9.84 Å². The Kier molecular flexibility index (Phi) is 5.27. The lowest BCUT2D eigenvalue weighted by atomic mass is 10.5. The van der Waals surface area contributed by atoms with E-state index in [2.05, 4.69) is 0 Å². The zero-order valence-corrected chi connectivity index (χ0v) is 11.8. The second-order valence-corrected chi connectivity index (χ2v) is 6.23. The Balaban J connectivity index is 3.11. The molecule has 0 saturated carbocycles. The predicted molar refractivity (Wildman–Crippen MR) is 67.6 cm³/mol. The summed E-state index contributed by atoms with van der Waals surface area (Å²) >= 11 is 0.900. The molecular formula is C10H15NO5S2. The van der Waals surface area contributed by atoms with Gasteiger partial charge in [0.2, 0.25) is 10.0 Å². The van der Waals surface area contributed by atoms with E-state index < -0.39 is 16.0 Å². The number of thiophene rings is 1. The highest BCUT2D eigenvalue weighted by Gasteiger charge is 2.28. The summed E-state index contributed by atoms with van der Waals surface area (Å²) in [6, 6.07) is 1.32. The Bertz CT molecular complexity index is 508. The molecule has 8 heteroatoms. The molecule has 1 aromatic heterocycles. The van der Waals surface area contributed by atoms with E-state index >= 15 is 0 Å². The Morgan fingerprint density at radius 3 is 2.72 bits per heavy atom. The molecule has 6 nitrogen and oxygen atoms in total. The smallest absolute Gasteiger partial charge is 0.347 e. The second kappa shape index (κ2) is 6.28. The fourth-order valence-electron chi connectivity index (χ4n) is 1.44. The van der Waals surface area contributed by atoms with E-state index in [1.165, 1.54) is 22.9 Å². The number of methoxy groups -OCH3 is 1. The van der Waals surface area contributed by atoms with E-state index in [9.17, 15) is 13.2 Å². The van der Waals surface area contributed by atoms with Gasteiger partial charge in [0, 0.05) is 20.2 Å². The molecule has 1 aromatic rings. The number of sulfonamides is 1. The van der Waals surface area contributed by atoms with Gasteiger partial charge in [-0.2, -0.15) is 4.31 Å². The number of hydrogen-bond acceptors (Lipinski definition) is 5. The highest BCUT2D eigenvalue weighted by molar-refractivity contribution is 7.89. The Hall–Kier alpha value is -0.960. The molecule has 0 aliphatic carbocycles. The first-order chi connectivity index (χ1) is 8.45. The van der Waals surface area contributed by atoms with Gasteiger partial charge in [-0.05, 0) is 11.4 Å². The van der Waals surface area contributed by atoms with Crippen LogP contribution in [0.4, 0.5) is 0 Å². The van der Waals surface area contributed by atoms with Gasteiger partial charge in [-0.15, -0.1) is 11.3 Å². The normalized spacial score (nSPS) is 11.9. The highest BCUT2D eigenvalue weighted by Crippen LogP contribution is 2.25. The summed E-state index contributed by atoms with van der Waals surface area (Å²) in [6.45, 7) is 2.42. The van der Waals surface area contributed by atoms with E-state index in [-0.39, 0.29) is 29.5 Å². The fraction of sp³-hybridized carbons (Fsp3) is 0.500. The number of carboxylic acid groups (broad SMARTS) is 1. The third-order valence-electron chi connectivity index (χ3n) is 2.34. The van der Waals surface area contributed by atoms with Gasteiger partial charge in [-0.3, -0.25) is 0 Å². The van der Waals surface area contributed by atoms with Gasteiger partial charge in [-0.1, -0.05) is 6.92 Å². The zero-order chi connectivity index (χ0) is 13.8. The van der Waals surface area contributed by atoms with Crippen LogP contribution >= 0.6 is 11.3 Å². The maximum atomic E-state index is 12.3. The minimum Gasteiger partial charge on any atom is -0.477 e. The Labute approximate surface area is 110 Å². The van der Waals surface area contributed by atoms with Crippen LogP contribution in [0.3, 0.4) is 0 Å². The van der Waals surface area contributed by atoms with Crippen molar-refractivity contribution in [1.82, 2.24) is 4.31 Å². The minimum absolute atomic E-state index is 0.155. The SMILES string of the molecule is CCN(CCOC)S(=O)(=O)c1ccsc1C(=O)O. The number of carbonyl (C=O) groups is 1. The Morgan fingerprint density at radius 2 is 2.22 bits per heavy atom. The molecule has 1 heterocycles. The lowest BCUT2D eigenvalue weighted by Gasteiger charge is -2.19. The van der Waals surface area contributed by atoms with Crippen molar-refractivity contribution in [1.29, 1.82) is 0 Å². The molecule has 18 heavy (non-hydrogen) atoms. The van der Waals surface area contributed by atoms with Gasteiger partial charge in [-0.25, -0.2) is 13.2 Å². The monoisotopic (exact) mass is 293 g/mol. The minimum atomic E-state index is -3.77. The average molecular weight is 293 g/mol. The van der Waals surface area contributed by atoms with Crippen molar-refractivity contribution in [3.05, 3.63) is 16.3 Å².